The molecule has 7 nitrogen and oxygen atoms in total. The van der Waals surface area contributed by atoms with Gasteiger partial charge in [0, 0.05) is 53.1 Å². The molecule has 0 unspecified atom stereocenters. The maximum Gasteiger partial charge on any atom is 0.270 e. The lowest BCUT2D eigenvalue weighted by atomic mass is 9.84. The molecule has 5 rings (SSSR count). The van der Waals surface area contributed by atoms with Crippen molar-refractivity contribution in [3.05, 3.63) is 115 Å². The number of allylic oxidation sites excluding steroid dienone is 2. The molecule has 0 fully saturated rings. The second-order valence-corrected chi connectivity index (χ2v) is 10.7. The fraction of sp³-hybridized carbons (Fsp3) is 0.200. The number of aryl methyl sites for hydroxylation is 1. The van der Waals surface area contributed by atoms with Crippen LogP contribution in [0.25, 0.3) is 11.3 Å². The van der Waals surface area contributed by atoms with Gasteiger partial charge in [-0.15, -0.1) is 11.3 Å². The highest BCUT2D eigenvalue weighted by molar-refractivity contribution is 7.07. The standard InChI is InChI=1S/C30H29N5O2S/c1-20-10-8-14-25(21(20)2)32-29-34(27(19-38-29)22-11-9-12-23(18-22)35(36)37)31-17-16-28-30(3,4)24-13-6-7-15-26(24)33(28)5/h6-19H,1-5H3. The average Bonchev–Trinajstić information content (AvgIpc) is 3.38. The van der Waals surface area contributed by atoms with E-state index in [2.05, 4.69) is 70.0 Å². The van der Waals surface area contributed by atoms with E-state index in [9.17, 15) is 10.1 Å². The number of nitro benzene ring substituents is 1. The number of nitrogens with zero attached hydrogens (tertiary/aromatic N) is 5. The van der Waals surface area contributed by atoms with Crippen LogP contribution >= 0.6 is 11.3 Å². The number of aromatic nitrogens is 1. The molecule has 1 aliphatic rings. The van der Waals surface area contributed by atoms with E-state index in [-0.39, 0.29) is 16.0 Å². The summed E-state index contributed by atoms with van der Waals surface area (Å²) >= 11 is 1.45. The molecular weight excluding hydrogens is 494 g/mol. The van der Waals surface area contributed by atoms with Gasteiger partial charge in [-0.25, -0.2) is 9.67 Å². The van der Waals surface area contributed by atoms with Gasteiger partial charge >= 0.3 is 0 Å². The van der Waals surface area contributed by atoms with E-state index in [4.69, 9.17) is 10.1 Å². The molecule has 1 aromatic heterocycles. The Morgan fingerprint density at radius 1 is 1.03 bits per heavy atom. The quantitative estimate of drug-likeness (QED) is 0.159. The molecular formula is C30H29N5O2S. The predicted octanol–water partition coefficient (Wildman–Crippen LogP) is 7.12. The van der Waals surface area contributed by atoms with Crippen molar-refractivity contribution < 1.29 is 4.92 Å². The Hall–Kier alpha value is -4.30. The third-order valence-electron chi connectivity index (χ3n) is 7.19. The first-order valence-corrected chi connectivity index (χ1v) is 13.2. The zero-order chi connectivity index (χ0) is 27.0. The normalized spacial score (nSPS) is 16.0. The molecule has 0 radical (unpaired) electrons. The highest BCUT2D eigenvalue weighted by atomic mass is 32.1. The SMILES string of the molecule is Cc1cccc(N=c2scc(-c3cccc([N+](=O)[O-])c3)n2N=CC=C2N(C)c3ccccc3C2(C)C)c1C. The molecule has 0 N–H and O–H groups in total. The number of non-ortho nitro benzene ring substituents is 1. The van der Waals surface area contributed by atoms with Crippen molar-refractivity contribution in [3.8, 4) is 11.3 Å². The summed E-state index contributed by atoms with van der Waals surface area (Å²) in [5.41, 5.74) is 8.01. The van der Waals surface area contributed by atoms with Crippen molar-refractivity contribution in [2.75, 3.05) is 11.9 Å². The van der Waals surface area contributed by atoms with E-state index >= 15 is 0 Å². The maximum absolute atomic E-state index is 11.4. The lowest BCUT2D eigenvalue weighted by Crippen LogP contribution is -2.23. The van der Waals surface area contributed by atoms with Crippen molar-refractivity contribution in [3.63, 3.8) is 0 Å². The van der Waals surface area contributed by atoms with Crippen LogP contribution < -0.4 is 9.70 Å². The summed E-state index contributed by atoms with van der Waals surface area (Å²) in [4.78, 5) is 18.9. The molecule has 8 heteroatoms. The highest BCUT2D eigenvalue weighted by Crippen LogP contribution is 2.46. The summed E-state index contributed by atoms with van der Waals surface area (Å²) in [7, 11) is 2.07. The van der Waals surface area contributed by atoms with E-state index < -0.39 is 0 Å². The predicted molar refractivity (Wildman–Crippen MR) is 155 cm³/mol. The van der Waals surface area contributed by atoms with Gasteiger partial charge in [0.25, 0.3) is 5.69 Å². The smallest absolute Gasteiger partial charge is 0.270 e. The van der Waals surface area contributed by atoms with E-state index in [1.54, 1.807) is 23.0 Å². The first kappa shape index (κ1) is 25.4. The Labute approximate surface area is 225 Å². The lowest BCUT2D eigenvalue weighted by Gasteiger charge is -2.23. The summed E-state index contributed by atoms with van der Waals surface area (Å²) in [6.45, 7) is 8.54. The van der Waals surface area contributed by atoms with E-state index in [1.165, 1.54) is 28.7 Å². The van der Waals surface area contributed by atoms with Crippen LogP contribution in [0.4, 0.5) is 17.1 Å². The van der Waals surface area contributed by atoms with Crippen LogP contribution in [0.1, 0.15) is 30.5 Å². The summed E-state index contributed by atoms with van der Waals surface area (Å²) in [6.07, 6.45) is 3.82. The Balaban J connectivity index is 1.63. The van der Waals surface area contributed by atoms with Crippen molar-refractivity contribution in [2.45, 2.75) is 33.1 Å². The van der Waals surface area contributed by atoms with E-state index in [1.807, 2.05) is 29.7 Å². The molecule has 0 amide bonds. The van der Waals surface area contributed by atoms with Gasteiger partial charge < -0.3 is 4.90 Å². The monoisotopic (exact) mass is 523 g/mol. The number of thiazole rings is 1. The average molecular weight is 524 g/mol. The molecule has 4 aromatic rings. The van der Waals surface area contributed by atoms with Crippen molar-refractivity contribution in [1.29, 1.82) is 0 Å². The number of nitro groups is 1. The minimum absolute atomic E-state index is 0.0338. The number of rotatable bonds is 5. The van der Waals surface area contributed by atoms with Gasteiger partial charge in [0.1, 0.15) is 0 Å². The minimum Gasteiger partial charge on any atom is -0.347 e. The van der Waals surface area contributed by atoms with Crippen molar-refractivity contribution in [1.82, 2.24) is 4.68 Å². The molecule has 1 aliphatic heterocycles. The minimum atomic E-state index is -0.384. The van der Waals surface area contributed by atoms with Crippen LogP contribution in [0.5, 0.6) is 0 Å². The van der Waals surface area contributed by atoms with Gasteiger partial charge in [0.2, 0.25) is 4.80 Å². The second kappa shape index (κ2) is 9.87. The van der Waals surface area contributed by atoms with Gasteiger partial charge in [-0.3, -0.25) is 10.1 Å². The molecule has 192 valence electrons. The van der Waals surface area contributed by atoms with Crippen LogP contribution in [0.15, 0.2) is 94.0 Å². The number of anilines is 1. The molecule has 0 saturated heterocycles. The fourth-order valence-electron chi connectivity index (χ4n) is 4.90. The highest BCUT2D eigenvalue weighted by Gasteiger charge is 2.37. The number of hydrogen-bond donors (Lipinski definition) is 0. The van der Waals surface area contributed by atoms with E-state index in [0.717, 1.165) is 28.2 Å². The lowest BCUT2D eigenvalue weighted by molar-refractivity contribution is -0.384. The molecule has 38 heavy (non-hydrogen) atoms. The first-order chi connectivity index (χ1) is 18.2. The summed E-state index contributed by atoms with van der Waals surface area (Å²) < 4.78 is 1.76. The Morgan fingerprint density at radius 2 is 1.79 bits per heavy atom. The Kier molecular flexibility index (Phi) is 6.59. The number of likely N-dealkylation sites (N-methyl/N-ethyl adjacent to an activating group) is 1. The zero-order valence-corrected chi connectivity index (χ0v) is 22.9. The van der Waals surface area contributed by atoms with Crippen LogP contribution in [-0.4, -0.2) is 22.9 Å². The van der Waals surface area contributed by atoms with Gasteiger partial charge in [-0.2, -0.15) is 5.10 Å². The number of benzene rings is 3. The molecule has 2 heterocycles. The van der Waals surface area contributed by atoms with Gasteiger partial charge in [-0.1, -0.05) is 56.3 Å². The summed E-state index contributed by atoms with van der Waals surface area (Å²) in [5, 5.41) is 18.2. The van der Waals surface area contributed by atoms with Crippen LogP contribution in [-0.2, 0) is 5.41 Å². The molecule has 0 spiro atoms. The van der Waals surface area contributed by atoms with Crippen molar-refractivity contribution in [2.24, 2.45) is 10.1 Å². The van der Waals surface area contributed by atoms with Crippen LogP contribution in [0.3, 0.4) is 0 Å². The molecule has 0 saturated carbocycles. The molecule has 3 aromatic carbocycles. The first-order valence-electron chi connectivity index (χ1n) is 12.3. The second-order valence-electron chi connectivity index (χ2n) is 9.87. The van der Waals surface area contributed by atoms with Gasteiger partial charge in [0.05, 0.1) is 16.3 Å². The maximum atomic E-state index is 11.4. The van der Waals surface area contributed by atoms with Gasteiger partial charge in [0.15, 0.2) is 0 Å². The topological polar surface area (TPSA) is 76.0 Å². The largest absolute Gasteiger partial charge is 0.347 e. The Bertz CT molecular complexity index is 1680. The zero-order valence-electron chi connectivity index (χ0n) is 22.0. The number of fused-ring (bicyclic) bond motifs is 1. The fourth-order valence-corrected chi connectivity index (χ4v) is 5.75. The van der Waals surface area contributed by atoms with Crippen LogP contribution in [0.2, 0.25) is 0 Å². The molecule has 0 atom stereocenters. The van der Waals surface area contributed by atoms with Crippen LogP contribution in [0, 0.1) is 24.0 Å². The van der Waals surface area contributed by atoms with E-state index in [0.29, 0.717) is 10.4 Å². The summed E-state index contributed by atoms with van der Waals surface area (Å²) in [5.74, 6) is 0. The third-order valence-corrected chi connectivity index (χ3v) is 8.00. The summed E-state index contributed by atoms with van der Waals surface area (Å²) in [6, 6.07) is 21.1. The van der Waals surface area contributed by atoms with Crippen molar-refractivity contribution >= 4 is 34.6 Å². The third kappa shape index (κ3) is 4.48. The molecule has 0 aliphatic carbocycles. The Morgan fingerprint density at radius 3 is 2.55 bits per heavy atom. The number of para-hydroxylation sites is 1. The number of hydrogen-bond acceptors (Lipinski definition) is 6. The molecule has 0 bridgehead atoms. The van der Waals surface area contributed by atoms with Gasteiger partial charge in [-0.05, 0) is 48.7 Å².